The van der Waals surface area contributed by atoms with Gasteiger partial charge in [0.25, 0.3) is 5.91 Å². The Balaban J connectivity index is 1.73. The van der Waals surface area contributed by atoms with Crippen molar-refractivity contribution < 1.29 is 9.18 Å². The summed E-state index contributed by atoms with van der Waals surface area (Å²) in [6.45, 7) is 0. The molecule has 0 bridgehead atoms. The Bertz CT molecular complexity index is 978. The van der Waals surface area contributed by atoms with Crippen LogP contribution in [0.5, 0.6) is 0 Å². The lowest BCUT2D eigenvalue weighted by Crippen LogP contribution is -2.37. The van der Waals surface area contributed by atoms with Gasteiger partial charge in [-0.05, 0) is 55.3 Å². The Morgan fingerprint density at radius 1 is 1.07 bits per heavy atom. The van der Waals surface area contributed by atoms with Crippen molar-refractivity contribution in [3.63, 3.8) is 0 Å². The Labute approximate surface area is 168 Å². The van der Waals surface area contributed by atoms with Crippen LogP contribution in [0, 0.1) is 5.82 Å². The number of hydrogen-bond acceptors (Lipinski definition) is 2. The number of carbonyl (C=O) groups excluding carboxylic acids is 1. The molecule has 1 N–H and O–H groups in total. The van der Waals surface area contributed by atoms with Gasteiger partial charge >= 0.3 is 0 Å². The number of halogens is 2. The molecule has 1 aromatic heterocycles. The minimum absolute atomic E-state index is 0.173. The average molecular weight is 398 g/mol. The van der Waals surface area contributed by atoms with Gasteiger partial charge in [-0.2, -0.15) is 5.10 Å². The van der Waals surface area contributed by atoms with Gasteiger partial charge in [0, 0.05) is 16.6 Å². The number of nitrogens with zero attached hydrogens (tertiary/aromatic N) is 2. The molecule has 4 nitrogen and oxygen atoms in total. The molecule has 1 aliphatic rings. The standard InChI is InChI=1S/C22H21ClFN3O/c23-15-10-12-17(13-11-15)27-21(22(28)25-16-6-2-1-3-7-16)14-20(26-27)18-8-4-5-9-19(18)24/h4-5,8-14,16H,1-3,6-7H2,(H,25,28). The summed E-state index contributed by atoms with van der Waals surface area (Å²) in [5.74, 6) is -0.570. The van der Waals surface area contributed by atoms with Crippen molar-refractivity contribution >= 4 is 17.5 Å². The molecule has 0 saturated heterocycles. The summed E-state index contributed by atoms with van der Waals surface area (Å²) in [4.78, 5) is 13.0. The van der Waals surface area contributed by atoms with E-state index in [9.17, 15) is 9.18 Å². The highest BCUT2D eigenvalue weighted by atomic mass is 35.5. The molecule has 2 aromatic carbocycles. The lowest BCUT2D eigenvalue weighted by atomic mass is 9.95. The van der Waals surface area contributed by atoms with Crippen LogP contribution < -0.4 is 5.32 Å². The second kappa shape index (κ2) is 8.15. The normalized spacial score (nSPS) is 14.8. The molecule has 1 fully saturated rings. The lowest BCUT2D eigenvalue weighted by Gasteiger charge is -2.22. The van der Waals surface area contributed by atoms with Gasteiger partial charge in [0.2, 0.25) is 0 Å². The van der Waals surface area contributed by atoms with Crippen molar-refractivity contribution in [1.82, 2.24) is 15.1 Å². The Morgan fingerprint density at radius 3 is 2.50 bits per heavy atom. The van der Waals surface area contributed by atoms with Crippen LogP contribution in [0.25, 0.3) is 16.9 Å². The lowest BCUT2D eigenvalue weighted by molar-refractivity contribution is 0.0920. The molecule has 0 spiro atoms. The number of hydrogen-bond donors (Lipinski definition) is 1. The first-order valence-electron chi connectivity index (χ1n) is 9.53. The van der Waals surface area contributed by atoms with Crippen LogP contribution in [0.15, 0.2) is 54.6 Å². The van der Waals surface area contributed by atoms with Crippen molar-refractivity contribution in [2.45, 2.75) is 38.1 Å². The van der Waals surface area contributed by atoms with E-state index in [1.165, 1.54) is 12.5 Å². The highest BCUT2D eigenvalue weighted by molar-refractivity contribution is 6.30. The van der Waals surface area contributed by atoms with Gasteiger partial charge in [-0.1, -0.05) is 43.0 Å². The van der Waals surface area contributed by atoms with E-state index in [4.69, 9.17) is 11.6 Å². The van der Waals surface area contributed by atoms with E-state index in [2.05, 4.69) is 10.4 Å². The number of nitrogens with one attached hydrogen (secondary N) is 1. The molecule has 144 valence electrons. The van der Waals surface area contributed by atoms with E-state index in [0.29, 0.717) is 27.7 Å². The first-order chi connectivity index (χ1) is 13.6. The van der Waals surface area contributed by atoms with Crippen LogP contribution >= 0.6 is 11.6 Å². The molecule has 1 amide bonds. The van der Waals surface area contributed by atoms with E-state index in [-0.39, 0.29) is 17.8 Å². The van der Waals surface area contributed by atoms with Crippen molar-refractivity contribution in [2.24, 2.45) is 0 Å². The van der Waals surface area contributed by atoms with Gasteiger partial charge < -0.3 is 5.32 Å². The predicted molar refractivity (Wildman–Crippen MR) is 108 cm³/mol. The third-order valence-corrected chi connectivity index (χ3v) is 5.36. The zero-order chi connectivity index (χ0) is 19.5. The van der Waals surface area contributed by atoms with Crippen LogP contribution in [0.2, 0.25) is 5.02 Å². The van der Waals surface area contributed by atoms with Gasteiger partial charge in [0.15, 0.2) is 0 Å². The van der Waals surface area contributed by atoms with Gasteiger partial charge in [0.05, 0.1) is 11.4 Å². The zero-order valence-electron chi connectivity index (χ0n) is 15.4. The molecule has 1 heterocycles. The maximum atomic E-state index is 14.3. The smallest absolute Gasteiger partial charge is 0.270 e. The second-order valence-corrected chi connectivity index (χ2v) is 7.53. The third-order valence-electron chi connectivity index (χ3n) is 5.10. The Kier molecular flexibility index (Phi) is 5.44. The molecule has 6 heteroatoms. The minimum Gasteiger partial charge on any atom is -0.348 e. The number of aromatic nitrogens is 2. The van der Waals surface area contributed by atoms with Crippen LogP contribution in [0.3, 0.4) is 0 Å². The maximum Gasteiger partial charge on any atom is 0.270 e. The average Bonchev–Trinajstić information content (AvgIpc) is 3.15. The molecule has 0 unspecified atom stereocenters. The summed E-state index contributed by atoms with van der Waals surface area (Å²) in [5, 5.41) is 8.24. The monoisotopic (exact) mass is 397 g/mol. The molecule has 0 aliphatic heterocycles. The topological polar surface area (TPSA) is 46.9 Å². The number of benzene rings is 2. The summed E-state index contributed by atoms with van der Waals surface area (Å²) in [6.07, 6.45) is 5.44. The first kappa shape index (κ1) is 18.7. The van der Waals surface area contributed by atoms with Crippen LogP contribution in [0.4, 0.5) is 4.39 Å². The first-order valence-corrected chi connectivity index (χ1v) is 9.91. The third kappa shape index (κ3) is 3.94. The van der Waals surface area contributed by atoms with Crippen molar-refractivity contribution in [1.29, 1.82) is 0 Å². The van der Waals surface area contributed by atoms with Gasteiger partial charge in [0.1, 0.15) is 11.5 Å². The summed E-state index contributed by atoms with van der Waals surface area (Å²) < 4.78 is 15.8. The number of rotatable bonds is 4. The van der Waals surface area contributed by atoms with Crippen LogP contribution in [-0.2, 0) is 0 Å². The van der Waals surface area contributed by atoms with Gasteiger partial charge in [-0.3, -0.25) is 4.79 Å². The fraction of sp³-hybridized carbons (Fsp3) is 0.273. The Morgan fingerprint density at radius 2 is 1.79 bits per heavy atom. The van der Waals surface area contributed by atoms with Crippen molar-refractivity contribution in [3.05, 3.63) is 71.1 Å². The molecule has 4 rings (SSSR count). The summed E-state index contributed by atoms with van der Waals surface area (Å²) in [5.41, 5.74) is 1.86. The zero-order valence-corrected chi connectivity index (χ0v) is 16.1. The SMILES string of the molecule is O=C(NC1CCCCC1)c1cc(-c2ccccc2F)nn1-c1ccc(Cl)cc1. The number of amides is 1. The molecular weight excluding hydrogens is 377 g/mol. The predicted octanol–water partition coefficient (Wildman–Crippen LogP) is 5.39. The molecule has 1 aliphatic carbocycles. The minimum atomic E-state index is -0.373. The molecule has 3 aromatic rings. The van der Waals surface area contributed by atoms with E-state index >= 15 is 0 Å². The molecule has 0 radical (unpaired) electrons. The van der Waals surface area contributed by atoms with E-state index in [1.807, 2.05) is 0 Å². The maximum absolute atomic E-state index is 14.3. The van der Waals surface area contributed by atoms with Crippen LogP contribution in [-0.4, -0.2) is 21.7 Å². The summed E-state index contributed by atoms with van der Waals surface area (Å²) >= 11 is 5.99. The molecule has 0 atom stereocenters. The van der Waals surface area contributed by atoms with Gasteiger partial charge in [-0.15, -0.1) is 0 Å². The van der Waals surface area contributed by atoms with Crippen LogP contribution in [0.1, 0.15) is 42.6 Å². The second-order valence-electron chi connectivity index (χ2n) is 7.09. The highest BCUT2D eigenvalue weighted by Gasteiger charge is 2.22. The fourth-order valence-electron chi connectivity index (χ4n) is 3.63. The summed E-state index contributed by atoms with van der Waals surface area (Å²) in [6, 6.07) is 15.3. The Hall–Kier alpha value is -2.66. The van der Waals surface area contributed by atoms with Gasteiger partial charge in [-0.25, -0.2) is 9.07 Å². The van der Waals surface area contributed by atoms with Crippen molar-refractivity contribution in [2.75, 3.05) is 0 Å². The van der Waals surface area contributed by atoms with E-state index < -0.39 is 0 Å². The van der Waals surface area contributed by atoms with E-state index in [0.717, 1.165) is 25.7 Å². The highest BCUT2D eigenvalue weighted by Crippen LogP contribution is 2.25. The molecular formula is C22H21ClFN3O. The van der Waals surface area contributed by atoms with Crippen molar-refractivity contribution in [3.8, 4) is 16.9 Å². The fourth-order valence-corrected chi connectivity index (χ4v) is 3.75. The number of carbonyl (C=O) groups is 1. The molecule has 28 heavy (non-hydrogen) atoms. The quantitative estimate of drug-likeness (QED) is 0.641. The largest absolute Gasteiger partial charge is 0.348 e. The molecule has 1 saturated carbocycles. The summed E-state index contributed by atoms with van der Waals surface area (Å²) in [7, 11) is 0. The van der Waals surface area contributed by atoms with E-state index in [1.54, 1.807) is 53.2 Å².